The summed E-state index contributed by atoms with van der Waals surface area (Å²) in [5, 5.41) is 9.99. The number of aryl methyl sites for hydroxylation is 1. The first-order chi connectivity index (χ1) is 11.2. The molecule has 0 aliphatic heterocycles. The van der Waals surface area contributed by atoms with Gasteiger partial charge in [0.2, 0.25) is 0 Å². The molecule has 0 aliphatic carbocycles. The van der Waals surface area contributed by atoms with Crippen molar-refractivity contribution in [3.05, 3.63) is 71.9 Å². The Morgan fingerprint density at radius 3 is 2.57 bits per heavy atom. The first-order valence-electron chi connectivity index (χ1n) is 7.45. The molecule has 0 N–H and O–H groups in total. The highest BCUT2D eigenvalue weighted by molar-refractivity contribution is 6.07. The van der Waals surface area contributed by atoms with Crippen molar-refractivity contribution < 1.29 is 4.79 Å². The van der Waals surface area contributed by atoms with Crippen molar-refractivity contribution in [2.24, 2.45) is 7.05 Å². The smallest absolute Gasteiger partial charge is 0.257 e. The number of hydrogen-bond donors (Lipinski definition) is 0. The molecule has 0 aliphatic rings. The van der Waals surface area contributed by atoms with Crippen LogP contribution >= 0.6 is 0 Å². The topological polar surface area (TPSA) is 49.0 Å². The van der Waals surface area contributed by atoms with E-state index in [2.05, 4.69) is 6.07 Å². The van der Waals surface area contributed by atoms with Crippen LogP contribution in [0.2, 0.25) is 0 Å². The van der Waals surface area contributed by atoms with E-state index in [0.717, 1.165) is 16.5 Å². The lowest BCUT2D eigenvalue weighted by Gasteiger charge is -2.19. The van der Waals surface area contributed by atoms with Gasteiger partial charge in [0.25, 0.3) is 5.91 Å². The molecule has 0 saturated heterocycles. The molecule has 23 heavy (non-hydrogen) atoms. The van der Waals surface area contributed by atoms with Gasteiger partial charge in [-0.1, -0.05) is 48.5 Å². The molecule has 3 rings (SSSR count). The molecule has 1 amide bonds. The van der Waals surface area contributed by atoms with Gasteiger partial charge < -0.3 is 9.47 Å². The van der Waals surface area contributed by atoms with Crippen molar-refractivity contribution in [2.75, 3.05) is 6.54 Å². The summed E-state index contributed by atoms with van der Waals surface area (Å²) in [6.45, 7) is 0.493. The lowest BCUT2D eigenvalue weighted by atomic mass is 10.1. The van der Waals surface area contributed by atoms with E-state index in [0.29, 0.717) is 12.1 Å². The molecule has 0 saturated carbocycles. The van der Waals surface area contributed by atoms with Crippen molar-refractivity contribution in [1.82, 2.24) is 9.47 Å². The average Bonchev–Trinajstić information content (AvgIpc) is 2.92. The highest BCUT2D eigenvalue weighted by atomic mass is 16.2. The molecule has 114 valence electrons. The molecule has 3 aromatic rings. The minimum Gasteiger partial charge on any atom is -0.350 e. The third kappa shape index (κ3) is 2.95. The number of nitriles is 1. The first-order valence-corrected chi connectivity index (χ1v) is 7.45. The Hall–Kier alpha value is -3.06. The van der Waals surface area contributed by atoms with Crippen LogP contribution in [-0.2, 0) is 13.6 Å². The minimum atomic E-state index is -0.118. The van der Waals surface area contributed by atoms with Crippen LogP contribution in [0.15, 0.2) is 60.8 Å². The van der Waals surface area contributed by atoms with Gasteiger partial charge in [-0.15, -0.1) is 0 Å². The molecule has 0 atom stereocenters. The van der Waals surface area contributed by atoms with E-state index < -0.39 is 0 Å². The maximum absolute atomic E-state index is 12.9. The third-order valence-electron chi connectivity index (χ3n) is 3.89. The van der Waals surface area contributed by atoms with Gasteiger partial charge in [0.1, 0.15) is 6.54 Å². The maximum Gasteiger partial charge on any atom is 0.257 e. The first kappa shape index (κ1) is 14.9. The number of para-hydroxylation sites is 1. The molecule has 0 unspecified atom stereocenters. The van der Waals surface area contributed by atoms with Gasteiger partial charge in [0.05, 0.1) is 11.6 Å². The zero-order valence-electron chi connectivity index (χ0n) is 12.9. The summed E-state index contributed by atoms with van der Waals surface area (Å²) in [7, 11) is 1.92. The van der Waals surface area contributed by atoms with E-state index >= 15 is 0 Å². The van der Waals surface area contributed by atoms with Crippen LogP contribution in [0.25, 0.3) is 10.9 Å². The molecule has 2 aromatic carbocycles. The van der Waals surface area contributed by atoms with Crippen LogP contribution in [0.5, 0.6) is 0 Å². The predicted octanol–water partition coefficient (Wildman–Crippen LogP) is 3.34. The van der Waals surface area contributed by atoms with Crippen LogP contribution < -0.4 is 0 Å². The van der Waals surface area contributed by atoms with Crippen molar-refractivity contribution in [2.45, 2.75) is 6.54 Å². The molecular formula is C19H17N3O. The van der Waals surface area contributed by atoms with Crippen molar-refractivity contribution in [1.29, 1.82) is 5.26 Å². The lowest BCUT2D eigenvalue weighted by Crippen LogP contribution is -2.30. The van der Waals surface area contributed by atoms with Crippen molar-refractivity contribution in [3.63, 3.8) is 0 Å². The zero-order valence-corrected chi connectivity index (χ0v) is 12.9. The van der Waals surface area contributed by atoms with E-state index in [1.807, 2.05) is 72.4 Å². The van der Waals surface area contributed by atoms with Gasteiger partial charge in [-0.2, -0.15) is 5.26 Å². The number of amides is 1. The SMILES string of the molecule is Cn1cc(C(=O)N(CC#N)Cc2ccccc2)c2ccccc21. The molecule has 0 fully saturated rings. The summed E-state index contributed by atoms with van der Waals surface area (Å²) in [4.78, 5) is 14.5. The van der Waals surface area contributed by atoms with E-state index in [-0.39, 0.29) is 12.5 Å². The van der Waals surface area contributed by atoms with Crippen LogP contribution in [0.3, 0.4) is 0 Å². The molecule has 4 nitrogen and oxygen atoms in total. The Labute approximate surface area is 135 Å². The Bertz CT molecular complexity index is 875. The normalized spacial score (nSPS) is 10.4. The fraction of sp³-hybridized carbons (Fsp3) is 0.158. The maximum atomic E-state index is 12.9. The zero-order chi connectivity index (χ0) is 16.2. The molecule has 1 heterocycles. The molecule has 1 aromatic heterocycles. The van der Waals surface area contributed by atoms with Crippen molar-refractivity contribution in [3.8, 4) is 6.07 Å². The van der Waals surface area contributed by atoms with E-state index in [1.54, 1.807) is 4.90 Å². The van der Waals surface area contributed by atoms with E-state index in [9.17, 15) is 4.79 Å². The van der Waals surface area contributed by atoms with Crippen LogP contribution in [0.4, 0.5) is 0 Å². The summed E-state index contributed by atoms with van der Waals surface area (Å²) in [6.07, 6.45) is 1.84. The number of rotatable bonds is 4. The fourth-order valence-corrected chi connectivity index (χ4v) is 2.77. The summed E-state index contributed by atoms with van der Waals surface area (Å²) in [5.41, 5.74) is 2.65. The summed E-state index contributed by atoms with van der Waals surface area (Å²) in [5.74, 6) is -0.118. The molecule has 0 spiro atoms. The minimum absolute atomic E-state index is 0.0664. The Morgan fingerprint density at radius 2 is 1.83 bits per heavy atom. The summed E-state index contributed by atoms with van der Waals surface area (Å²) < 4.78 is 1.94. The van der Waals surface area contributed by atoms with E-state index in [4.69, 9.17) is 5.26 Å². The molecular weight excluding hydrogens is 286 g/mol. The lowest BCUT2D eigenvalue weighted by molar-refractivity contribution is 0.0766. The van der Waals surface area contributed by atoms with E-state index in [1.165, 1.54) is 0 Å². The quantitative estimate of drug-likeness (QED) is 0.694. The third-order valence-corrected chi connectivity index (χ3v) is 3.89. The monoisotopic (exact) mass is 303 g/mol. The second kappa shape index (κ2) is 6.37. The molecule has 0 bridgehead atoms. The largest absolute Gasteiger partial charge is 0.350 e. The van der Waals surface area contributed by atoms with Gasteiger partial charge in [-0.25, -0.2) is 0 Å². The average molecular weight is 303 g/mol. The van der Waals surface area contributed by atoms with Crippen LogP contribution in [0.1, 0.15) is 15.9 Å². The van der Waals surface area contributed by atoms with Crippen LogP contribution in [-0.4, -0.2) is 21.9 Å². The highest BCUT2D eigenvalue weighted by Crippen LogP contribution is 2.22. The Morgan fingerprint density at radius 1 is 1.13 bits per heavy atom. The number of benzene rings is 2. The Balaban J connectivity index is 1.96. The summed E-state index contributed by atoms with van der Waals surface area (Å²) in [6, 6.07) is 19.6. The van der Waals surface area contributed by atoms with Gasteiger partial charge in [-0.3, -0.25) is 4.79 Å². The highest BCUT2D eigenvalue weighted by Gasteiger charge is 2.20. The number of hydrogen-bond acceptors (Lipinski definition) is 2. The van der Waals surface area contributed by atoms with Gasteiger partial charge in [0.15, 0.2) is 0 Å². The Kier molecular flexibility index (Phi) is 4.11. The number of carbonyl (C=O) groups excluding carboxylic acids is 1. The summed E-state index contributed by atoms with van der Waals surface area (Å²) >= 11 is 0. The van der Waals surface area contributed by atoms with Gasteiger partial charge in [-0.05, 0) is 11.6 Å². The van der Waals surface area contributed by atoms with Gasteiger partial charge >= 0.3 is 0 Å². The predicted molar refractivity (Wildman–Crippen MR) is 89.7 cm³/mol. The number of carbonyl (C=O) groups is 1. The van der Waals surface area contributed by atoms with Gasteiger partial charge in [0, 0.05) is 30.7 Å². The number of fused-ring (bicyclic) bond motifs is 1. The number of aromatic nitrogens is 1. The van der Waals surface area contributed by atoms with Crippen molar-refractivity contribution >= 4 is 16.8 Å². The second-order valence-electron chi connectivity index (χ2n) is 5.48. The standard InChI is InChI=1S/C19H17N3O/c1-21-14-17(16-9-5-6-10-18(16)21)19(23)22(12-11-20)13-15-7-3-2-4-8-15/h2-10,14H,12-13H2,1H3. The van der Waals surface area contributed by atoms with Crippen LogP contribution in [0, 0.1) is 11.3 Å². The second-order valence-corrected chi connectivity index (χ2v) is 5.48. The molecule has 0 radical (unpaired) electrons. The molecule has 4 heteroatoms. The number of nitrogens with zero attached hydrogens (tertiary/aromatic N) is 3. The fourth-order valence-electron chi connectivity index (χ4n) is 2.77.